The molecule has 128 valence electrons. The monoisotopic (exact) mass is 358 g/mol. The molecule has 0 amide bonds. The molecule has 0 N–H and O–H groups in total. The van der Waals surface area contributed by atoms with Crippen molar-refractivity contribution >= 4 is 27.6 Å². The first-order valence-corrected chi connectivity index (χ1v) is 14.4. The zero-order valence-electron chi connectivity index (χ0n) is 15.3. The average molecular weight is 359 g/mol. The lowest BCUT2D eigenvalue weighted by Gasteiger charge is -2.32. The van der Waals surface area contributed by atoms with Crippen molar-refractivity contribution in [1.29, 1.82) is 0 Å². The van der Waals surface area contributed by atoms with Gasteiger partial charge in [0, 0.05) is 11.1 Å². The summed E-state index contributed by atoms with van der Waals surface area (Å²) < 4.78 is 11.6. The van der Waals surface area contributed by atoms with E-state index in [9.17, 15) is 4.79 Å². The smallest absolute Gasteiger partial charge is 0.205 e. The van der Waals surface area contributed by atoms with Crippen molar-refractivity contribution in [2.75, 3.05) is 7.11 Å². The molecule has 0 atom stereocenters. The maximum Gasteiger partial charge on any atom is 0.205 e. The Kier molecular flexibility index (Phi) is 5.47. The molecule has 0 aliphatic heterocycles. The molecule has 0 heterocycles. The molecule has 0 unspecified atom stereocenters. The van der Waals surface area contributed by atoms with Gasteiger partial charge in [0.15, 0.2) is 14.1 Å². The van der Waals surface area contributed by atoms with Crippen LogP contribution in [0.4, 0.5) is 0 Å². The Labute approximate surface area is 146 Å². The van der Waals surface area contributed by atoms with E-state index >= 15 is 0 Å². The van der Waals surface area contributed by atoms with Gasteiger partial charge in [0.25, 0.3) is 0 Å². The van der Waals surface area contributed by atoms with Crippen LogP contribution in [0, 0.1) is 0 Å². The first kappa shape index (κ1) is 18.6. The molecule has 2 aromatic carbocycles. The van der Waals surface area contributed by atoms with Crippen LogP contribution in [0.2, 0.25) is 32.7 Å². The summed E-state index contributed by atoms with van der Waals surface area (Å²) in [7, 11) is -2.03. The molecular formula is C19H26O3Si2. The third-order valence-electron chi connectivity index (χ3n) is 3.73. The van der Waals surface area contributed by atoms with E-state index in [1.54, 1.807) is 19.2 Å². The molecule has 5 heteroatoms. The normalized spacial score (nSPS) is 12.1. The summed E-state index contributed by atoms with van der Waals surface area (Å²) in [6.07, 6.45) is 0. The summed E-state index contributed by atoms with van der Waals surface area (Å²) in [5, 5.41) is 1.16. The van der Waals surface area contributed by atoms with Crippen molar-refractivity contribution in [1.82, 2.24) is 0 Å². The van der Waals surface area contributed by atoms with Crippen molar-refractivity contribution < 1.29 is 13.6 Å². The SMILES string of the molecule is COc1ccc(C(=O)c2cccc([Si](C)(C)O[Si](C)(C)C)c2)cc1. The number of hydrogen-bond donors (Lipinski definition) is 0. The molecule has 2 rings (SSSR count). The van der Waals surface area contributed by atoms with Gasteiger partial charge in [0.05, 0.1) is 7.11 Å². The second-order valence-electron chi connectivity index (χ2n) is 7.36. The van der Waals surface area contributed by atoms with Crippen LogP contribution < -0.4 is 9.92 Å². The minimum absolute atomic E-state index is 0.0253. The maximum absolute atomic E-state index is 12.8. The van der Waals surface area contributed by atoms with E-state index in [4.69, 9.17) is 8.85 Å². The number of rotatable bonds is 6. The van der Waals surface area contributed by atoms with Crippen LogP contribution in [0.1, 0.15) is 15.9 Å². The van der Waals surface area contributed by atoms with Crippen LogP contribution in [0.5, 0.6) is 5.75 Å². The van der Waals surface area contributed by atoms with Gasteiger partial charge in [-0.3, -0.25) is 4.79 Å². The van der Waals surface area contributed by atoms with Crippen LogP contribution in [-0.2, 0) is 4.12 Å². The van der Waals surface area contributed by atoms with Gasteiger partial charge in [0.1, 0.15) is 5.75 Å². The number of ketones is 1. The molecule has 0 aliphatic rings. The molecular weight excluding hydrogens is 332 g/mol. The zero-order valence-corrected chi connectivity index (χ0v) is 17.3. The summed E-state index contributed by atoms with van der Waals surface area (Å²) >= 11 is 0. The molecule has 2 aromatic rings. The van der Waals surface area contributed by atoms with Crippen molar-refractivity contribution in [2.45, 2.75) is 32.7 Å². The Bertz CT molecular complexity index is 716. The topological polar surface area (TPSA) is 35.5 Å². The van der Waals surface area contributed by atoms with Crippen LogP contribution in [0.3, 0.4) is 0 Å². The van der Waals surface area contributed by atoms with E-state index in [0.29, 0.717) is 11.1 Å². The molecule has 0 saturated carbocycles. The van der Waals surface area contributed by atoms with Gasteiger partial charge >= 0.3 is 0 Å². The van der Waals surface area contributed by atoms with E-state index in [2.05, 4.69) is 38.8 Å². The molecule has 0 fully saturated rings. The molecule has 0 bridgehead atoms. The predicted molar refractivity (Wildman–Crippen MR) is 104 cm³/mol. The standard InChI is InChI=1S/C19H26O3Si2/c1-21-17-12-10-15(11-13-17)19(20)16-8-7-9-18(14-16)24(5,6)22-23(2,3)4/h7-14H,1-6H3. The van der Waals surface area contributed by atoms with E-state index < -0.39 is 16.6 Å². The Balaban J connectivity index is 2.30. The fourth-order valence-electron chi connectivity index (χ4n) is 2.77. The summed E-state index contributed by atoms with van der Waals surface area (Å²) in [5.41, 5.74) is 1.37. The second kappa shape index (κ2) is 7.05. The fourth-order valence-corrected chi connectivity index (χ4v) is 10.4. The van der Waals surface area contributed by atoms with Gasteiger partial charge < -0.3 is 8.85 Å². The van der Waals surface area contributed by atoms with Crippen LogP contribution >= 0.6 is 0 Å². The lowest BCUT2D eigenvalue weighted by Crippen LogP contribution is -2.51. The highest BCUT2D eigenvalue weighted by Crippen LogP contribution is 2.17. The van der Waals surface area contributed by atoms with Crippen LogP contribution in [0.25, 0.3) is 0 Å². The Morgan fingerprint density at radius 2 is 1.50 bits per heavy atom. The molecule has 0 saturated heterocycles. The third kappa shape index (κ3) is 4.66. The molecule has 0 spiro atoms. The second-order valence-corrected chi connectivity index (χ2v) is 16.0. The number of carbonyl (C=O) groups excluding carboxylic acids is 1. The zero-order chi connectivity index (χ0) is 18.0. The van der Waals surface area contributed by atoms with Gasteiger partial charge in [-0.15, -0.1) is 0 Å². The van der Waals surface area contributed by atoms with Crippen molar-refractivity contribution in [3.63, 3.8) is 0 Å². The van der Waals surface area contributed by atoms with Crippen molar-refractivity contribution in [3.8, 4) is 5.75 Å². The van der Waals surface area contributed by atoms with Gasteiger partial charge in [-0.2, -0.15) is 0 Å². The highest BCUT2D eigenvalue weighted by Gasteiger charge is 2.31. The Morgan fingerprint density at radius 1 is 0.875 bits per heavy atom. The largest absolute Gasteiger partial charge is 0.497 e. The van der Waals surface area contributed by atoms with E-state index in [1.807, 2.05) is 30.3 Å². The van der Waals surface area contributed by atoms with Crippen LogP contribution in [0.15, 0.2) is 48.5 Å². The lowest BCUT2D eigenvalue weighted by atomic mass is 10.0. The Morgan fingerprint density at radius 3 is 2.04 bits per heavy atom. The molecule has 0 radical (unpaired) electrons. The van der Waals surface area contributed by atoms with Crippen molar-refractivity contribution in [3.05, 3.63) is 59.7 Å². The minimum atomic E-state index is -2.02. The number of hydrogen-bond acceptors (Lipinski definition) is 3. The fraction of sp³-hybridized carbons (Fsp3) is 0.316. The highest BCUT2D eigenvalue weighted by atomic mass is 28.4. The number of carbonyl (C=O) groups is 1. The predicted octanol–water partition coefficient (Wildman–Crippen LogP) is 4.19. The average Bonchev–Trinajstić information content (AvgIpc) is 2.52. The van der Waals surface area contributed by atoms with Gasteiger partial charge in [-0.25, -0.2) is 0 Å². The third-order valence-corrected chi connectivity index (χ3v) is 9.93. The number of benzene rings is 2. The molecule has 24 heavy (non-hydrogen) atoms. The lowest BCUT2D eigenvalue weighted by molar-refractivity contribution is 0.103. The van der Waals surface area contributed by atoms with Gasteiger partial charge in [0.2, 0.25) is 8.32 Å². The summed E-state index contributed by atoms with van der Waals surface area (Å²) in [4.78, 5) is 12.8. The first-order chi connectivity index (χ1) is 11.1. The van der Waals surface area contributed by atoms with Crippen molar-refractivity contribution in [2.24, 2.45) is 0 Å². The summed E-state index contributed by atoms with van der Waals surface area (Å²) in [6.45, 7) is 11.0. The van der Waals surface area contributed by atoms with Gasteiger partial charge in [-0.1, -0.05) is 18.2 Å². The highest BCUT2D eigenvalue weighted by molar-refractivity contribution is 6.92. The molecule has 0 aliphatic carbocycles. The quantitative estimate of drug-likeness (QED) is 0.574. The van der Waals surface area contributed by atoms with Crippen LogP contribution in [-0.4, -0.2) is 29.5 Å². The first-order valence-electron chi connectivity index (χ1n) is 8.12. The van der Waals surface area contributed by atoms with Gasteiger partial charge in [-0.05, 0) is 68.3 Å². The summed E-state index contributed by atoms with van der Waals surface area (Å²) in [6, 6.07) is 15.1. The van der Waals surface area contributed by atoms with E-state index in [-0.39, 0.29) is 5.78 Å². The molecule has 0 aromatic heterocycles. The molecule has 3 nitrogen and oxygen atoms in total. The Hall–Kier alpha value is -1.70. The summed E-state index contributed by atoms with van der Waals surface area (Å²) in [5.74, 6) is 0.773. The van der Waals surface area contributed by atoms with E-state index in [0.717, 1.165) is 10.9 Å². The van der Waals surface area contributed by atoms with E-state index in [1.165, 1.54) is 0 Å². The number of ether oxygens (including phenoxy) is 1. The number of methoxy groups -OCH3 is 1. The maximum atomic E-state index is 12.8. The minimum Gasteiger partial charge on any atom is -0.497 e.